The maximum absolute atomic E-state index is 13.1. The summed E-state index contributed by atoms with van der Waals surface area (Å²) in [6.45, 7) is 3.42. The van der Waals surface area contributed by atoms with Gasteiger partial charge in [-0.3, -0.25) is 14.5 Å². The SMILES string of the molecule is CC1(C2CCN(C(=O)CCCc3ccccc3)CC2)NC(=O)N(Cc2ccsc2)C1=O. The third kappa shape index (κ3) is 4.66. The number of carbonyl (C=O) groups excluding carboxylic acids is 3. The highest BCUT2D eigenvalue weighted by atomic mass is 32.1. The Kier molecular flexibility index (Phi) is 6.41. The number of nitrogens with zero attached hydrogens (tertiary/aromatic N) is 2. The van der Waals surface area contributed by atoms with Gasteiger partial charge < -0.3 is 10.2 Å². The molecule has 4 amide bonds. The summed E-state index contributed by atoms with van der Waals surface area (Å²) in [4.78, 5) is 41.5. The van der Waals surface area contributed by atoms with Gasteiger partial charge in [-0.1, -0.05) is 30.3 Å². The molecule has 0 aliphatic carbocycles. The lowest BCUT2D eigenvalue weighted by atomic mass is 9.78. The minimum atomic E-state index is -0.893. The van der Waals surface area contributed by atoms with Crippen LogP contribution < -0.4 is 5.32 Å². The van der Waals surface area contributed by atoms with Gasteiger partial charge in [0.25, 0.3) is 5.91 Å². The molecule has 6 nitrogen and oxygen atoms in total. The quantitative estimate of drug-likeness (QED) is 0.667. The van der Waals surface area contributed by atoms with E-state index in [1.165, 1.54) is 10.5 Å². The number of rotatable bonds is 7. The molecular weight excluding hydrogens is 410 g/mol. The van der Waals surface area contributed by atoms with E-state index in [0.29, 0.717) is 26.1 Å². The Morgan fingerprint density at radius 1 is 1.13 bits per heavy atom. The normalized spacial score (nSPS) is 22.1. The average molecular weight is 440 g/mol. The standard InChI is InChI=1S/C24H29N3O3S/c1-24(22(29)27(23(30)25-24)16-19-12-15-31-17-19)20-10-13-26(14-11-20)21(28)9-5-8-18-6-3-2-4-7-18/h2-4,6-7,12,15,17,20H,5,8-11,13-14,16H2,1H3,(H,25,30). The number of amides is 4. The number of urea groups is 1. The number of piperidine rings is 1. The number of aryl methyl sites for hydroxylation is 1. The van der Waals surface area contributed by atoms with Crippen LogP contribution in [0.3, 0.4) is 0 Å². The van der Waals surface area contributed by atoms with Gasteiger partial charge in [0.05, 0.1) is 6.54 Å². The smallest absolute Gasteiger partial charge is 0.325 e. The molecule has 164 valence electrons. The number of nitrogens with one attached hydrogen (secondary N) is 1. The van der Waals surface area contributed by atoms with E-state index in [9.17, 15) is 14.4 Å². The van der Waals surface area contributed by atoms with Crippen LogP contribution in [0.25, 0.3) is 0 Å². The number of carbonyl (C=O) groups is 3. The van der Waals surface area contributed by atoms with Gasteiger partial charge in [0.2, 0.25) is 5.91 Å². The van der Waals surface area contributed by atoms with Gasteiger partial charge in [0.1, 0.15) is 5.54 Å². The zero-order valence-corrected chi connectivity index (χ0v) is 18.7. The highest BCUT2D eigenvalue weighted by molar-refractivity contribution is 7.07. The van der Waals surface area contributed by atoms with E-state index >= 15 is 0 Å². The number of hydrogen-bond donors (Lipinski definition) is 1. The fourth-order valence-corrected chi connectivity index (χ4v) is 5.31. The lowest BCUT2D eigenvalue weighted by Crippen LogP contribution is -2.54. The van der Waals surface area contributed by atoms with Crippen LogP contribution >= 0.6 is 11.3 Å². The van der Waals surface area contributed by atoms with Crippen molar-refractivity contribution in [2.75, 3.05) is 13.1 Å². The number of hydrogen-bond acceptors (Lipinski definition) is 4. The first-order chi connectivity index (χ1) is 15.0. The molecule has 1 N–H and O–H groups in total. The van der Waals surface area contributed by atoms with Gasteiger partial charge in [0.15, 0.2) is 0 Å². The molecular formula is C24H29N3O3S. The summed E-state index contributed by atoms with van der Waals surface area (Å²) in [6, 6.07) is 11.8. The van der Waals surface area contributed by atoms with Crippen LogP contribution in [0, 0.1) is 5.92 Å². The second-order valence-corrected chi connectivity index (χ2v) is 9.43. The first-order valence-electron chi connectivity index (χ1n) is 10.9. The summed E-state index contributed by atoms with van der Waals surface area (Å²) >= 11 is 1.55. The fourth-order valence-electron chi connectivity index (χ4n) is 4.65. The molecule has 2 aliphatic rings. The van der Waals surface area contributed by atoms with Gasteiger partial charge in [-0.05, 0) is 66.5 Å². The Labute approximate surface area is 187 Å². The molecule has 0 bridgehead atoms. The van der Waals surface area contributed by atoms with Crippen LogP contribution in [0.5, 0.6) is 0 Å². The Morgan fingerprint density at radius 2 is 1.87 bits per heavy atom. The highest BCUT2D eigenvalue weighted by Gasteiger charge is 2.52. The van der Waals surface area contributed by atoms with Crippen molar-refractivity contribution in [2.45, 2.75) is 51.1 Å². The van der Waals surface area contributed by atoms with Crippen LogP contribution in [0.1, 0.15) is 43.7 Å². The second kappa shape index (κ2) is 9.22. The summed E-state index contributed by atoms with van der Waals surface area (Å²) in [7, 11) is 0. The molecule has 2 saturated heterocycles. The topological polar surface area (TPSA) is 69.7 Å². The molecule has 0 radical (unpaired) electrons. The number of benzene rings is 1. The van der Waals surface area contributed by atoms with Crippen LogP contribution in [0.2, 0.25) is 0 Å². The third-order valence-corrected chi connectivity index (χ3v) is 7.32. The molecule has 1 atom stereocenters. The minimum absolute atomic E-state index is 0.0322. The molecule has 2 aliphatic heterocycles. The average Bonchev–Trinajstić information content (AvgIpc) is 3.37. The van der Waals surface area contributed by atoms with Crippen LogP contribution in [-0.4, -0.2) is 46.3 Å². The maximum Gasteiger partial charge on any atom is 0.325 e. The van der Waals surface area contributed by atoms with E-state index in [-0.39, 0.29) is 23.8 Å². The van der Waals surface area contributed by atoms with E-state index in [1.807, 2.05) is 46.8 Å². The van der Waals surface area contributed by atoms with Crippen molar-refractivity contribution in [3.63, 3.8) is 0 Å². The van der Waals surface area contributed by atoms with Crippen molar-refractivity contribution >= 4 is 29.2 Å². The van der Waals surface area contributed by atoms with Crippen molar-refractivity contribution in [3.8, 4) is 0 Å². The predicted octanol–water partition coefficient (Wildman–Crippen LogP) is 3.82. The second-order valence-electron chi connectivity index (χ2n) is 8.65. The zero-order chi connectivity index (χ0) is 21.8. The van der Waals surface area contributed by atoms with Crippen molar-refractivity contribution < 1.29 is 14.4 Å². The largest absolute Gasteiger partial charge is 0.343 e. The van der Waals surface area contributed by atoms with Crippen molar-refractivity contribution in [2.24, 2.45) is 5.92 Å². The summed E-state index contributed by atoms with van der Waals surface area (Å²) < 4.78 is 0. The Morgan fingerprint density at radius 3 is 2.55 bits per heavy atom. The monoisotopic (exact) mass is 439 g/mol. The first-order valence-corrected chi connectivity index (χ1v) is 11.9. The van der Waals surface area contributed by atoms with E-state index in [1.54, 1.807) is 11.3 Å². The highest BCUT2D eigenvalue weighted by Crippen LogP contribution is 2.34. The van der Waals surface area contributed by atoms with Gasteiger partial charge in [0, 0.05) is 19.5 Å². The van der Waals surface area contributed by atoms with E-state index in [2.05, 4.69) is 17.4 Å². The van der Waals surface area contributed by atoms with Crippen LogP contribution in [0.4, 0.5) is 4.79 Å². The summed E-state index contributed by atoms with van der Waals surface area (Å²) in [5.41, 5.74) is 1.33. The number of thiophene rings is 1. The Balaban J connectivity index is 1.28. The molecule has 1 aromatic heterocycles. The molecule has 3 heterocycles. The predicted molar refractivity (Wildman–Crippen MR) is 120 cm³/mol. The van der Waals surface area contributed by atoms with E-state index in [4.69, 9.17) is 0 Å². The van der Waals surface area contributed by atoms with Gasteiger partial charge in [-0.25, -0.2) is 4.79 Å². The lowest BCUT2D eigenvalue weighted by Gasteiger charge is -2.39. The number of imide groups is 1. The van der Waals surface area contributed by atoms with Gasteiger partial charge in [-0.2, -0.15) is 11.3 Å². The number of likely N-dealkylation sites (tertiary alicyclic amines) is 1. The Bertz CT molecular complexity index is 923. The summed E-state index contributed by atoms with van der Waals surface area (Å²) in [5.74, 6) is 0.0570. The molecule has 4 rings (SSSR count). The minimum Gasteiger partial charge on any atom is -0.343 e. The molecule has 0 spiro atoms. The molecule has 7 heteroatoms. The molecule has 1 aromatic carbocycles. The van der Waals surface area contributed by atoms with E-state index < -0.39 is 5.54 Å². The van der Waals surface area contributed by atoms with Crippen LogP contribution in [0.15, 0.2) is 47.2 Å². The molecule has 31 heavy (non-hydrogen) atoms. The van der Waals surface area contributed by atoms with Crippen molar-refractivity contribution in [3.05, 3.63) is 58.3 Å². The van der Waals surface area contributed by atoms with Gasteiger partial charge in [-0.15, -0.1) is 0 Å². The maximum atomic E-state index is 13.1. The Hall–Kier alpha value is -2.67. The fraction of sp³-hybridized carbons (Fsp3) is 0.458. The summed E-state index contributed by atoms with van der Waals surface area (Å²) in [6.07, 6.45) is 3.73. The molecule has 1 unspecified atom stereocenters. The van der Waals surface area contributed by atoms with E-state index in [0.717, 1.165) is 31.2 Å². The summed E-state index contributed by atoms with van der Waals surface area (Å²) in [5, 5.41) is 6.85. The van der Waals surface area contributed by atoms with Crippen LogP contribution in [-0.2, 0) is 22.6 Å². The lowest BCUT2D eigenvalue weighted by molar-refractivity contribution is -0.135. The van der Waals surface area contributed by atoms with Crippen molar-refractivity contribution in [1.29, 1.82) is 0 Å². The van der Waals surface area contributed by atoms with Gasteiger partial charge >= 0.3 is 6.03 Å². The molecule has 2 aromatic rings. The van der Waals surface area contributed by atoms with Crippen molar-refractivity contribution in [1.82, 2.24) is 15.1 Å². The third-order valence-electron chi connectivity index (χ3n) is 6.59. The zero-order valence-electron chi connectivity index (χ0n) is 17.9. The molecule has 0 saturated carbocycles. The first kappa shape index (κ1) is 21.6. The molecule has 2 fully saturated rings.